The summed E-state index contributed by atoms with van der Waals surface area (Å²) in [5.41, 5.74) is 17.7. The third-order valence-electron chi connectivity index (χ3n) is 25.8. The van der Waals surface area contributed by atoms with Crippen LogP contribution in [-0.4, -0.2) is 436 Å². The van der Waals surface area contributed by atoms with Gasteiger partial charge in [0, 0.05) is 32.9 Å². The largest absolute Gasteiger partial charge is 0.472 e. The van der Waals surface area contributed by atoms with Crippen molar-refractivity contribution in [1.29, 1.82) is 0 Å². The van der Waals surface area contributed by atoms with Crippen molar-refractivity contribution in [1.82, 2.24) is 5.32 Å². The highest BCUT2D eigenvalue weighted by Gasteiger charge is 2.61. The van der Waals surface area contributed by atoms with Crippen LogP contribution in [0.4, 0.5) is 0 Å². The smallest absolute Gasteiger partial charge is 0.462 e. The van der Waals surface area contributed by atoms with Crippen LogP contribution in [0, 0.1) is 0 Å². The number of unbranched alkanes of at least 4 members (excludes halogenated alkanes) is 28. The van der Waals surface area contributed by atoms with Crippen LogP contribution < -0.4 is 22.5 Å². The van der Waals surface area contributed by atoms with Gasteiger partial charge in [-0.1, -0.05) is 194 Å². The van der Waals surface area contributed by atoms with Crippen molar-refractivity contribution >= 4 is 41.3 Å². The van der Waals surface area contributed by atoms with Gasteiger partial charge >= 0.3 is 35.4 Å². The summed E-state index contributed by atoms with van der Waals surface area (Å²) in [4.78, 5) is 72.9. The molecule has 55 heteroatoms. The number of carbonyl (C=O) groups excluding carboxylic acids is 3. The number of rotatable bonds is 69. The lowest BCUT2D eigenvalue weighted by Gasteiger charge is -2.51. The van der Waals surface area contributed by atoms with Gasteiger partial charge in [-0.05, 0) is 12.8 Å². The minimum absolute atomic E-state index is 0.0230. The molecule has 40 atom stereocenters. The van der Waals surface area contributed by atoms with Gasteiger partial charge in [-0.25, -0.2) is 13.7 Å². The van der Waals surface area contributed by atoms with E-state index in [2.05, 4.69) is 19.2 Å². The highest BCUT2D eigenvalue weighted by atomic mass is 31.2. The highest BCUT2D eigenvalue weighted by Crippen LogP contribution is 2.51. The minimum Gasteiger partial charge on any atom is -0.462 e. The number of phosphoric acid groups is 3. The summed E-state index contributed by atoms with van der Waals surface area (Å²) < 4.78 is 156. The summed E-state index contributed by atoms with van der Waals surface area (Å²) in [5, 5.41) is 218. The lowest BCUT2D eigenvalue weighted by Crippen LogP contribution is -2.70. The first-order valence-electron chi connectivity index (χ1n) is 49.8. The van der Waals surface area contributed by atoms with Gasteiger partial charge in [0.25, 0.3) is 0 Å². The first-order chi connectivity index (χ1) is 67.7. The van der Waals surface area contributed by atoms with Gasteiger partial charge in [0.1, 0.15) is 184 Å². The average Bonchev–Trinajstić information content (AvgIpc) is 0.759. The summed E-state index contributed by atoms with van der Waals surface area (Å²) in [6.45, 7) is -5.78. The fourth-order valence-corrected chi connectivity index (χ4v) is 20.3. The second kappa shape index (κ2) is 65.0. The van der Waals surface area contributed by atoms with E-state index < -0.39 is 341 Å². The summed E-state index contributed by atoms with van der Waals surface area (Å²) in [5.74, 6) is -2.43. The number of hydrogen-bond donors (Lipinski definition) is 26. The van der Waals surface area contributed by atoms with E-state index in [4.69, 9.17) is 111 Å². The predicted octanol–water partition coefficient (Wildman–Crippen LogP) is -3.46. The number of aliphatic hydroxyl groups is 19. The van der Waals surface area contributed by atoms with Crippen molar-refractivity contribution in [3.63, 3.8) is 0 Å². The minimum atomic E-state index is -5.77. The van der Waals surface area contributed by atoms with E-state index in [-0.39, 0.29) is 19.4 Å². The molecule has 0 aromatic rings. The van der Waals surface area contributed by atoms with Crippen LogP contribution in [0.1, 0.15) is 226 Å². The predicted molar refractivity (Wildman–Crippen MR) is 487 cm³/mol. The van der Waals surface area contributed by atoms with Crippen LogP contribution in [-0.2, 0) is 122 Å². The number of ether oxygens (including phenoxy) is 14. The number of hydrogen-bond acceptors (Lipinski definition) is 48. The summed E-state index contributed by atoms with van der Waals surface area (Å²) in [7, 11) is -16.6. The number of phosphoric ester groups is 3. The second-order valence-corrected chi connectivity index (χ2v) is 41.3. The first kappa shape index (κ1) is 126. The van der Waals surface area contributed by atoms with Crippen molar-refractivity contribution in [2.24, 2.45) is 17.2 Å². The van der Waals surface area contributed by atoms with E-state index in [0.717, 1.165) is 77.6 Å². The molecule has 6 aliphatic heterocycles. The lowest BCUT2D eigenvalue weighted by molar-refractivity contribution is -0.398. The molecule has 52 nitrogen and oxygen atoms in total. The van der Waals surface area contributed by atoms with Crippen molar-refractivity contribution < 1.29 is 233 Å². The third-order valence-corrected chi connectivity index (χ3v) is 28.8. The SMILES string of the molecule is CCCCCCCCCCCCCCCCCC(=O)OC[C@H](COP(=O)(O)O[C@@H]1[C@H](O)[C@H](O)[C@@H](O)[C@H](O)[C@H]1O[C@H]1O[C@H](CO)[C@@H](O[C@H]2O[C@H](CO[C@H]3O[C@H](CO)[C@@H](O)[C@H](O)[C@@H]3O[C@H]3O[C@H](COP(=O)(O)OCCN)[C@@H](O)[C@H](O)[C@@H]3O[C@H]3O[C@H](CO)[C@@H](O)[C@H](O)[C@@H]3O)[C@@H](O[C@@H]3O[C@H](CO)[C@H](O)[C@H](O)[C@H]3NC(C)=O)[C@H](O)[C@@H]2OP(=O)(O)OCCN)[C@H](O)[C@H]1N)OC(=O)CCCCCCCCCCCCCCCCC. The van der Waals surface area contributed by atoms with Gasteiger partial charge in [0.2, 0.25) is 5.91 Å². The van der Waals surface area contributed by atoms with E-state index in [0.29, 0.717) is 19.3 Å². The maximum absolute atomic E-state index is 14.3. The topological polar surface area (TPSA) is 822 Å². The van der Waals surface area contributed by atoms with E-state index in [1.165, 1.54) is 103 Å². The Labute approximate surface area is 826 Å². The monoisotopic (exact) mass is 2120 g/mol. The zero-order valence-electron chi connectivity index (χ0n) is 81.0. The summed E-state index contributed by atoms with van der Waals surface area (Å²) in [6.07, 6.45) is -47.7. The van der Waals surface area contributed by atoms with Crippen LogP contribution in [0.3, 0.4) is 0 Å². The molecule has 6 heterocycles. The van der Waals surface area contributed by atoms with E-state index in [9.17, 15) is 140 Å². The fourth-order valence-electron chi connectivity index (χ4n) is 17.6. The first-order valence-corrected chi connectivity index (χ1v) is 54.3. The lowest BCUT2D eigenvalue weighted by atomic mass is 9.84. The number of nitrogens with two attached hydrogens (primary N) is 3. The number of aliphatic hydroxyl groups excluding tert-OH is 19. The molecule has 1 saturated carbocycles. The number of nitrogens with one attached hydrogen (secondary N) is 1. The number of carbonyl (C=O) groups is 3. The van der Waals surface area contributed by atoms with Gasteiger partial charge in [-0.2, -0.15) is 0 Å². The van der Waals surface area contributed by atoms with Gasteiger partial charge < -0.3 is 201 Å². The van der Waals surface area contributed by atoms with Crippen LogP contribution in [0.2, 0.25) is 0 Å². The van der Waals surface area contributed by atoms with Crippen molar-refractivity contribution in [3.05, 3.63) is 0 Å². The van der Waals surface area contributed by atoms with Crippen molar-refractivity contribution in [2.75, 3.05) is 79.2 Å². The molecular formula is C87H163N4O48P3. The molecule has 0 spiro atoms. The molecule has 7 fully saturated rings. The molecule has 834 valence electrons. The van der Waals surface area contributed by atoms with Crippen molar-refractivity contribution in [3.8, 4) is 0 Å². The number of amides is 1. The molecule has 142 heavy (non-hydrogen) atoms. The zero-order chi connectivity index (χ0) is 105. The molecule has 6 saturated heterocycles. The fraction of sp³-hybridized carbons (Fsp3) is 0.966. The van der Waals surface area contributed by atoms with Gasteiger partial charge in [0.05, 0.1) is 65.5 Å². The Morgan fingerprint density at radius 3 is 1.19 bits per heavy atom. The molecule has 7 rings (SSSR count). The van der Waals surface area contributed by atoms with Gasteiger partial charge in [-0.15, -0.1) is 0 Å². The Morgan fingerprint density at radius 1 is 0.331 bits per heavy atom. The maximum atomic E-state index is 14.3. The molecule has 29 N–H and O–H groups in total. The molecule has 3 unspecified atom stereocenters. The zero-order valence-corrected chi connectivity index (χ0v) is 83.7. The molecule has 0 radical (unpaired) electrons. The Kier molecular flexibility index (Phi) is 57.8. The van der Waals surface area contributed by atoms with E-state index >= 15 is 0 Å². The Hall–Kier alpha value is -2.62. The molecule has 7 aliphatic rings. The van der Waals surface area contributed by atoms with Crippen LogP contribution in [0.5, 0.6) is 0 Å². The van der Waals surface area contributed by atoms with Crippen LogP contribution in [0.15, 0.2) is 0 Å². The van der Waals surface area contributed by atoms with Crippen molar-refractivity contribution in [2.45, 2.75) is 453 Å². The normalized spacial score (nSPS) is 36.8. The molecule has 1 aliphatic carbocycles. The molecule has 1 amide bonds. The van der Waals surface area contributed by atoms with Crippen LogP contribution >= 0.6 is 23.5 Å². The second-order valence-electron chi connectivity index (χ2n) is 37.1. The highest BCUT2D eigenvalue weighted by molar-refractivity contribution is 7.48. The van der Waals surface area contributed by atoms with Crippen LogP contribution in [0.25, 0.3) is 0 Å². The Balaban J connectivity index is 1.14. The van der Waals surface area contributed by atoms with Gasteiger partial charge in [0.15, 0.2) is 43.8 Å². The molecule has 0 aromatic carbocycles. The standard InChI is InChI=1S/C87H163N4O48P3/c1-4-6-8-10-12-14-16-18-20-22-24-26-28-30-32-34-56(97)120-44-49(126-57(98)35-33-31-29-27-25-23-21-19-17-15-13-11-9-7-5-2)45-124-142(118,119)138-78-72(111)68(107)67(106)71(110)77(78)135-82-58(90)64(103)75(53(43-95)130-82)134-87-81(139-141(116,117)123-39-37-89)74(113)76(133-83-59(91-48(3)96)65(104)60(99)50(40-92)127-83)55(132-87)46-121-85-79(69(108)62(101)52(42-94)129-85)137-86-80(136-84-73(112)66(105)61(100)51(41-93)128-84)70(109)63(102)54(131-86)47-125-140(114,115)122-38-36-88/h49-55,58-87,92-95,99-113H,4-47,88-90H2,1-3H3,(H,91,96)(H,114,115)(H,116,117)(H,118,119)/t49-,50-,51-,52-,53-,54-,55-,58-,59-,60+,61-,62-,63-,64-,65-,66+,67-,68-,69+,70+,71+,72-,73+,74+,75-,76-,77-,78-,79+,80+,81+,82-,83+,84-,85+,86-,87-/m1/s1. The summed E-state index contributed by atoms with van der Waals surface area (Å²) >= 11 is 0. The molecule has 0 bridgehead atoms. The molecule has 0 aromatic heterocycles. The Morgan fingerprint density at radius 2 is 0.690 bits per heavy atom. The number of esters is 2. The summed E-state index contributed by atoms with van der Waals surface area (Å²) in [6, 6.07) is -4.10. The Bertz CT molecular complexity index is 3640. The molecular weight excluding hydrogens is 1960 g/mol. The quantitative estimate of drug-likeness (QED) is 0.0160. The van der Waals surface area contributed by atoms with E-state index in [1.807, 2.05) is 0 Å². The third kappa shape index (κ3) is 39.8. The van der Waals surface area contributed by atoms with Gasteiger partial charge in [-0.3, -0.25) is 41.5 Å². The van der Waals surface area contributed by atoms with E-state index in [1.54, 1.807) is 0 Å². The maximum Gasteiger partial charge on any atom is 0.472 e. The average molecular weight is 2130 g/mol.